The molecule has 0 aliphatic carbocycles. The fourth-order valence-corrected chi connectivity index (χ4v) is 2.09. The lowest BCUT2D eigenvalue weighted by Gasteiger charge is -2.18. The highest BCUT2D eigenvalue weighted by molar-refractivity contribution is 5.96. The van der Waals surface area contributed by atoms with Gasteiger partial charge in [0, 0.05) is 5.69 Å². The third kappa shape index (κ3) is 4.64. The van der Waals surface area contributed by atoms with E-state index in [0.717, 1.165) is 22.9 Å². The first kappa shape index (κ1) is 16.7. The summed E-state index contributed by atoms with van der Waals surface area (Å²) in [4.78, 5) is 12.3. The summed E-state index contributed by atoms with van der Waals surface area (Å²) in [5.41, 5.74) is 1.52. The highest BCUT2D eigenvalue weighted by atomic mass is 16.5. The van der Waals surface area contributed by atoms with E-state index in [2.05, 4.69) is 10.6 Å². The van der Waals surface area contributed by atoms with Crippen molar-refractivity contribution in [1.29, 1.82) is 0 Å². The Morgan fingerprint density at radius 2 is 1.83 bits per heavy atom. The molecule has 2 rings (SSSR count). The molecule has 2 aromatic carbocycles. The summed E-state index contributed by atoms with van der Waals surface area (Å²) in [5, 5.41) is 6.04. The summed E-state index contributed by atoms with van der Waals surface area (Å²) in [6.07, 6.45) is 0. The number of rotatable bonds is 7. The lowest BCUT2D eigenvalue weighted by atomic mass is 10.2. The van der Waals surface area contributed by atoms with Crippen LogP contribution in [0.1, 0.15) is 13.8 Å². The Balaban J connectivity index is 1.99. The van der Waals surface area contributed by atoms with Crippen LogP contribution in [0.3, 0.4) is 0 Å². The normalized spacial score (nSPS) is 11.4. The maximum absolute atomic E-state index is 12.3. The fraction of sp³-hybridized carbons (Fsp3) is 0.278. The highest BCUT2D eigenvalue weighted by Crippen LogP contribution is 2.24. The van der Waals surface area contributed by atoms with Gasteiger partial charge in [-0.25, -0.2) is 0 Å². The molecule has 1 atom stereocenters. The predicted octanol–water partition coefficient (Wildman–Crippen LogP) is 3.53. The van der Waals surface area contributed by atoms with Gasteiger partial charge in [-0.3, -0.25) is 4.79 Å². The number of carbonyl (C=O) groups excluding carboxylic acids is 1. The summed E-state index contributed by atoms with van der Waals surface area (Å²) >= 11 is 0. The van der Waals surface area contributed by atoms with E-state index in [9.17, 15) is 4.79 Å². The van der Waals surface area contributed by atoms with Gasteiger partial charge in [0.25, 0.3) is 0 Å². The van der Waals surface area contributed by atoms with Crippen molar-refractivity contribution in [2.45, 2.75) is 19.9 Å². The van der Waals surface area contributed by atoms with Gasteiger partial charge in [-0.05, 0) is 50.2 Å². The zero-order valence-corrected chi connectivity index (χ0v) is 13.6. The van der Waals surface area contributed by atoms with Gasteiger partial charge < -0.3 is 20.1 Å². The molecule has 0 aromatic heterocycles. The Morgan fingerprint density at radius 1 is 1.13 bits per heavy atom. The lowest BCUT2D eigenvalue weighted by molar-refractivity contribution is -0.116. The van der Waals surface area contributed by atoms with Crippen LogP contribution in [0, 0.1) is 0 Å². The fourth-order valence-electron chi connectivity index (χ4n) is 2.09. The maximum Gasteiger partial charge on any atom is 0.246 e. The summed E-state index contributed by atoms with van der Waals surface area (Å²) in [6.45, 7) is 4.31. The lowest BCUT2D eigenvalue weighted by Crippen LogP contribution is -2.32. The van der Waals surface area contributed by atoms with Gasteiger partial charge in [-0.15, -0.1) is 0 Å². The van der Waals surface area contributed by atoms with E-state index in [-0.39, 0.29) is 5.91 Å². The molecular formula is C18H22N2O3. The number of benzene rings is 2. The van der Waals surface area contributed by atoms with Gasteiger partial charge >= 0.3 is 0 Å². The number of amides is 1. The van der Waals surface area contributed by atoms with Crippen molar-refractivity contribution < 1.29 is 14.3 Å². The van der Waals surface area contributed by atoms with Crippen LogP contribution in [-0.4, -0.2) is 25.7 Å². The second-order valence-electron chi connectivity index (χ2n) is 5.01. The van der Waals surface area contributed by atoms with Gasteiger partial charge in [0.1, 0.15) is 17.5 Å². The van der Waals surface area contributed by atoms with Crippen LogP contribution in [0.5, 0.6) is 11.5 Å². The second kappa shape index (κ2) is 8.08. The van der Waals surface area contributed by atoms with E-state index in [0.29, 0.717) is 6.61 Å². The smallest absolute Gasteiger partial charge is 0.246 e. The van der Waals surface area contributed by atoms with E-state index in [4.69, 9.17) is 9.47 Å². The molecule has 5 heteroatoms. The molecule has 23 heavy (non-hydrogen) atoms. The van der Waals surface area contributed by atoms with E-state index in [1.54, 1.807) is 31.4 Å². The summed E-state index contributed by atoms with van der Waals surface area (Å²) in [6, 6.07) is 14.4. The molecule has 0 unspecified atom stereocenters. The number of para-hydroxylation sites is 2. The molecule has 1 amide bonds. The molecule has 0 spiro atoms. The predicted molar refractivity (Wildman–Crippen MR) is 92.3 cm³/mol. The molecule has 0 bridgehead atoms. The minimum absolute atomic E-state index is 0.124. The monoisotopic (exact) mass is 314 g/mol. The first-order chi connectivity index (χ1) is 11.1. The van der Waals surface area contributed by atoms with Gasteiger partial charge in [0.05, 0.1) is 19.4 Å². The SMILES string of the molecule is CCOc1ccccc1N[C@@H](C)C(=O)Nc1ccc(OC)cc1. The van der Waals surface area contributed by atoms with Crippen LogP contribution in [0.15, 0.2) is 48.5 Å². The Labute approximate surface area is 136 Å². The molecule has 122 valence electrons. The number of hydrogen-bond acceptors (Lipinski definition) is 4. The number of hydrogen-bond donors (Lipinski definition) is 2. The van der Waals surface area contributed by atoms with Crippen molar-refractivity contribution in [1.82, 2.24) is 0 Å². The second-order valence-corrected chi connectivity index (χ2v) is 5.01. The van der Waals surface area contributed by atoms with Gasteiger partial charge in [0.15, 0.2) is 0 Å². The Morgan fingerprint density at radius 3 is 2.48 bits per heavy atom. The standard InChI is InChI=1S/C18H22N2O3/c1-4-23-17-8-6-5-7-16(17)19-13(2)18(21)20-14-9-11-15(22-3)12-10-14/h5-13,19H,4H2,1-3H3,(H,20,21)/t13-/m0/s1. The van der Waals surface area contributed by atoms with Crippen LogP contribution < -0.4 is 20.1 Å². The van der Waals surface area contributed by atoms with Crippen LogP contribution in [0.25, 0.3) is 0 Å². The molecule has 0 fully saturated rings. The number of methoxy groups -OCH3 is 1. The Bertz CT molecular complexity index is 641. The number of nitrogens with one attached hydrogen (secondary N) is 2. The molecule has 0 aliphatic heterocycles. The van der Waals surface area contributed by atoms with Gasteiger partial charge in [-0.2, -0.15) is 0 Å². The maximum atomic E-state index is 12.3. The van der Waals surface area contributed by atoms with E-state index >= 15 is 0 Å². The average molecular weight is 314 g/mol. The van der Waals surface area contributed by atoms with Gasteiger partial charge in [-0.1, -0.05) is 12.1 Å². The first-order valence-electron chi connectivity index (χ1n) is 7.57. The molecule has 5 nitrogen and oxygen atoms in total. The van der Waals surface area contributed by atoms with Crippen LogP contribution in [0.4, 0.5) is 11.4 Å². The minimum Gasteiger partial charge on any atom is -0.497 e. The first-order valence-corrected chi connectivity index (χ1v) is 7.57. The summed E-state index contributed by atoms with van der Waals surface area (Å²) in [5.74, 6) is 1.36. The summed E-state index contributed by atoms with van der Waals surface area (Å²) in [7, 11) is 1.61. The summed E-state index contributed by atoms with van der Waals surface area (Å²) < 4.78 is 10.7. The van der Waals surface area contributed by atoms with Crippen LogP contribution in [0.2, 0.25) is 0 Å². The molecule has 0 aliphatic rings. The zero-order chi connectivity index (χ0) is 16.7. The Kier molecular flexibility index (Phi) is 5.86. The zero-order valence-electron chi connectivity index (χ0n) is 13.6. The largest absolute Gasteiger partial charge is 0.497 e. The van der Waals surface area contributed by atoms with Crippen molar-refractivity contribution in [3.63, 3.8) is 0 Å². The molecule has 0 heterocycles. The molecule has 0 radical (unpaired) electrons. The number of ether oxygens (including phenoxy) is 2. The van der Waals surface area contributed by atoms with E-state index < -0.39 is 6.04 Å². The van der Waals surface area contributed by atoms with Crippen molar-refractivity contribution >= 4 is 17.3 Å². The quantitative estimate of drug-likeness (QED) is 0.821. The van der Waals surface area contributed by atoms with Crippen molar-refractivity contribution in [2.24, 2.45) is 0 Å². The van der Waals surface area contributed by atoms with Crippen LogP contribution >= 0.6 is 0 Å². The minimum atomic E-state index is -0.404. The van der Waals surface area contributed by atoms with Crippen molar-refractivity contribution in [3.8, 4) is 11.5 Å². The Hall–Kier alpha value is -2.69. The molecule has 2 aromatic rings. The number of anilines is 2. The molecule has 0 saturated heterocycles. The average Bonchev–Trinajstić information content (AvgIpc) is 2.57. The molecule has 0 saturated carbocycles. The topological polar surface area (TPSA) is 59.6 Å². The van der Waals surface area contributed by atoms with Crippen molar-refractivity contribution in [2.75, 3.05) is 24.4 Å². The van der Waals surface area contributed by atoms with E-state index in [1.807, 2.05) is 38.1 Å². The van der Waals surface area contributed by atoms with Gasteiger partial charge in [0.2, 0.25) is 5.91 Å². The number of carbonyl (C=O) groups is 1. The molecular weight excluding hydrogens is 292 g/mol. The highest BCUT2D eigenvalue weighted by Gasteiger charge is 2.14. The van der Waals surface area contributed by atoms with Crippen molar-refractivity contribution in [3.05, 3.63) is 48.5 Å². The van der Waals surface area contributed by atoms with Crippen LogP contribution in [-0.2, 0) is 4.79 Å². The third-order valence-corrected chi connectivity index (χ3v) is 3.31. The third-order valence-electron chi connectivity index (χ3n) is 3.31. The molecule has 2 N–H and O–H groups in total. The van der Waals surface area contributed by atoms with E-state index in [1.165, 1.54) is 0 Å².